The van der Waals surface area contributed by atoms with E-state index in [4.69, 9.17) is 4.74 Å². The van der Waals surface area contributed by atoms with Crippen LogP contribution in [0.4, 0.5) is 0 Å². The van der Waals surface area contributed by atoms with Crippen LogP contribution in [0, 0.1) is 5.92 Å². The molecule has 1 heterocycles. The van der Waals surface area contributed by atoms with Gasteiger partial charge in [0.2, 0.25) is 0 Å². The van der Waals surface area contributed by atoms with Crippen molar-refractivity contribution in [1.82, 2.24) is 10.2 Å². The van der Waals surface area contributed by atoms with Crippen LogP contribution >= 0.6 is 0 Å². The molecule has 1 saturated heterocycles. The maximum absolute atomic E-state index is 5.49. The molecule has 0 radical (unpaired) electrons. The Balaban J connectivity index is 2.31. The van der Waals surface area contributed by atoms with Crippen LogP contribution in [-0.2, 0) is 4.74 Å². The minimum atomic E-state index is 0.646. The van der Waals surface area contributed by atoms with E-state index in [1.807, 2.05) is 0 Å². The molecule has 2 atom stereocenters. The molecular weight excluding hydrogens is 200 g/mol. The molecule has 0 saturated carbocycles. The Labute approximate surface area is 101 Å². The van der Waals surface area contributed by atoms with E-state index in [2.05, 4.69) is 31.0 Å². The number of hydrogen-bond donors (Lipinski definition) is 1. The van der Waals surface area contributed by atoms with Gasteiger partial charge < -0.3 is 15.0 Å². The van der Waals surface area contributed by atoms with Gasteiger partial charge in [0.05, 0.1) is 6.61 Å². The van der Waals surface area contributed by atoms with E-state index in [0.717, 1.165) is 38.8 Å². The molecule has 1 aliphatic rings. The van der Waals surface area contributed by atoms with Crippen molar-refractivity contribution in [1.29, 1.82) is 0 Å². The summed E-state index contributed by atoms with van der Waals surface area (Å²) in [5.41, 5.74) is 0. The van der Waals surface area contributed by atoms with Crippen molar-refractivity contribution >= 4 is 0 Å². The van der Waals surface area contributed by atoms with Gasteiger partial charge >= 0.3 is 0 Å². The summed E-state index contributed by atoms with van der Waals surface area (Å²) in [6, 6.07) is 0.646. The SMILES string of the molecule is CCNC(CCN(CC)CC)C1CCOC1. The molecule has 16 heavy (non-hydrogen) atoms. The number of ether oxygens (including phenoxy) is 1. The van der Waals surface area contributed by atoms with Gasteiger partial charge in [-0.05, 0) is 44.9 Å². The van der Waals surface area contributed by atoms with Crippen LogP contribution in [0.3, 0.4) is 0 Å². The first-order chi connectivity index (χ1) is 7.81. The van der Waals surface area contributed by atoms with Gasteiger partial charge in [0.25, 0.3) is 0 Å². The Bertz CT molecular complexity index is 165. The van der Waals surface area contributed by atoms with Gasteiger partial charge in [-0.2, -0.15) is 0 Å². The predicted octanol–water partition coefficient (Wildman–Crippen LogP) is 1.73. The maximum atomic E-state index is 5.49. The summed E-state index contributed by atoms with van der Waals surface area (Å²) >= 11 is 0. The van der Waals surface area contributed by atoms with E-state index in [1.54, 1.807) is 0 Å². The zero-order valence-electron chi connectivity index (χ0n) is 11.2. The third-order valence-electron chi connectivity index (χ3n) is 3.65. The molecular formula is C13H28N2O. The largest absolute Gasteiger partial charge is 0.381 e. The van der Waals surface area contributed by atoms with Crippen LogP contribution in [0.1, 0.15) is 33.6 Å². The molecule has 3 nitrogen and oxygen atoms in total. The normalized spacial score (nSPS) is 22.9. The zero-order valence-corrected chi connectivity index (χ0v) is 11.2. The fourth-order valence-corrected chi connectivity index (χ4v) is 2.50. The Morgan fingerprint density at radius 1 is 1.31 bits per heavy atom. The molecule has 0 spiro atoms. The lowest BCUT2D eigenvalue weighted by Crippen LogP contribution is -2.39. The third kappa shape index (κ3) is 4.40. The van der Waals surface area contributed by atoms with Gasteiger partial charge in [0.15, 0.2) is 0 Å². The van der Waals surface area contributed by atoms with Crippen molar-refractivity contribution in [3.8, 4) is 0 Å². The number of nitrogens with zero attached hydrogens (tertiary/aromatic N) is 1. The topological polar surface area (TPSA) is 24.5 Å². The smallest absolute Gasteiger partial charge is 0.0510 e. The molecule has 0 aromatic rings. The molecule has 1 aliphatic heterocycles. The molecule has 0 aromatic heterocycles. The van der Waals surface area contributed by atoms with Crippen LogP contribution in [0.15, 0.2) is 0 Å². The van der Waals surface area contributed by atoms with E-state index < -0.39 is 0 Å². The van der Waals surface area contributed by atoms with Crippen molar-refractivity contribution in [3.05, 3.63) is 0 Å². The van der Waals surface area contributed by atoms with Gasteiger partial charge in [-0.15, -0.1) is 0 Å². The molecule has 0 aliphatic carbocycles. The van der Waals surface area contributed by atoms with Crippen LogP contribution < -0.4 is 5.32 Å². The van der Waals surface area contributed by atoms with Crippen molar-refractivity contribution in [2.45, 2.75) is 39.7 Å². The molecule has 3 heteroatoms. The van der Waals surface area contributed by atoms with Crippen LogP contribution in [0.25, 0.3) is 0 Å². The summed E-state index contributed by atoms with van der Waals surface area (Å²) in [7, 11) is 0. The fourth-order valence-electron chi connectivity index (χ4n) is 2.50. The third-order valence-corrected chi connectivity index (χ3v) is 3.65. The first-order valence-corrected chi connectivity index (χ1v) is 6.85. The first-order valence-electron chi connectivity index (χ1n) is 6.85. The van der Waals surface area contributed by atoms with Crippen LogP contribution in [0.5, 0.6) is 0 Å². The first kappa shape index (κ1) is 13.9. The maximum Gasteiger partial charge on any atom is 0.0510 e. The minimum Gasteiger partial charge on any atom is -0.381 e. The van der Waals surface area contributed by atoms with E-state index in [1.165, 1.54) is 19.4 Å². The Morgan fingerprint density at radius 3 is 2.56 bits per heavy atom. The Hall–Kier alpha value is -0.120. The second-order valence-electron chi connectivity index (χ2n) is 4.60. The van der Waals surface area contributed by atoms with Crippen molar-refractivity contribution < 1.29 is 4.74 Å². The van der Waals surface area contributed by atoms with Gasteiger partial charge in [-0.1, -0.05) is 20.8 Å². The number of hydrogen-bond acceptors (Lipinski definition) is 3. The summed E-state index contributed by atoms with van der Waals surface area (Å²) < 4.78 is 5.49. The number of nitrogens with one attached hydrogen (secondary N) is 1. The van der Waals surface area contributed by atoms with Crippen LogP contribution in [-0.4, -0.2) is 50.3 Å². The minimum absolute atomic E-state index is 0.646. The monoisotopic (exact) mass is 228 g/mol. The standard InChI is InChI=1S/C13H28N2O/c1-4-14-13(12-8-10-16-11-12)7-9-15(5-2)6-3/h12-14H,4-11H2,1-3H3. The zero-order chi connectivity index (χ0) is 11.8. The van der Waals surface area contributed by atoms with Crippen LogP contribution in [0.2, 0.25) is 0 Å². The summed E-state index contributed by atoms with van der Waals surface area (Å²) in [6.45, 7) is 13.2. The lowest BCUT2D eigenvalue weighted by atomic mass is 9.96. The van der Waals surface area contributed by atoms with E-state index in [-0.39, 0.29) is 0 Å². The highest BCUT2D eigenvalue weighted by atomic mass is 16.5. The summed E-state index contributed by atoms with van der Waals surface area (Å²) in [6.07, 6.45) is 2.49. The fraction of sp³-hybridized carbons (Fsp3) is 1.00. The Kier molecular flexibility index (Phi) is 7.01. The molecule has 0 amide bonds. The summed E-state index contributed by atoms with van der Waals surface area (Å²) in [5.74, 6) is 0.732. The molecule has 0 bridgehead atoms. The lowest BCUT2D eigenvalue weighted by molar-refractivity contribution is 0.171. The number of rotatable bonds is 8. The van der Waals surface area contributed by atoms with Gasteiger partial charge in [0.1, 0.15) is 0 Å². The predicted molar refractivity (Wildman–Crippen MR) is 68.8 cm³/mol. The summed E-state index contributed by atoms with van der Waals surface area (Å²) in [5, 5.41) is 3.62. The van der Waals surface area contributed by atoms with Crippen molar-refractivity contribution in [3.63, 3.8) is 0 Å². The second kappa shape index (κ2) is 8.04. The highest BCUT2D eigenvalue weighted by Crippen LogP contribution is 2.19. The summed E-state index contributed by atoms with van der Waals surface area (Å²) in [4.78, 5) is 2.50. The van der Waals surface area contributed by atoms with Gasteiger partial charge in [-0.25, -0.2) is 0 Å². The molecule has 2 unspecified atom stereocenters. The van der Waals surface area contributed by atoms with Gasteiger partial charge in [-0.3, -0.25) is 0 Å². The van der Waals surface area contributed by atoms with E-state index >= 15 is 0 Å². The highest BCUT2D eigenvalue weighted by molar-refractivity contribution is 4.80. The molecule has 1 fully saturated rings. The molecule has 1 rings (SSSR count). The molecule has 0 aromatic carbocycles. The Morgan fingerprint density at radius 2 is 2.06 bits per heavy atom. The average Bonchev–Trinajstić information content (AvgIpc) is 2.82. The lowest BCUT2D eigenvalue weighted by Gasteiger charge is -2.26. The van der Waals surface area contributed by atoms with E-state index in [9.17, 15) is 0 Å². The highest BCUT2D eigenvalue weighted by Gasteiger charge is 2.24. The second-order valence-corrected chi connectivity index (χ2v) is 4.60. The van der Waals surface area contributed by atoms with Crippen molar-refractivity contribution in [2.24, 2.45) is 5.92 Å². The average molecular weight is 228 g/mol. The molecule has 1 N–H and O–H groups in total. The van der Waals surface area contributed by atoms with E-state index in [0.29, 0.717) is 6.04 Å². The molecule has 96 valence electrons. The van der Waals surface area contributed by atoms with Crippen molar-refractivity contribution in [2.75, 3.05) is 39.4 Å². The van der Waals surface area contributed by atoms with Gasteiger partial charge in [0, 0.05) is 12.6 Å². The quantitative estimate of drug-likeness (QED) is 0.685.